The van der Waals surface area contributed by atoms with E-state index in [1.165, 1.54) is 17.4 Å². The SMILES string of the molecule is Cc1ccc(NS(=O)(=O)c2cc(CO)sc2C)c(C)c1. The number of nitrogens with one attached hydrogen (secondary N) is 1. The minimum Gasteiger partial charge on any atom is -0.391 e. The maximum Gasteiger partial charge on any atom is 0.263 e. The molecule has 0 aliphatic rings. The molecule has 20 heavy (non-hydrogen) atoms. The van der Waals surface area contributed by atoms with Gasteiger partial charge in [-0.2, -0.15) is 0 Å². The predicted octanol–water partition coefficient (Wildman–Crippen LogP) is 2.97. The van der Waals surface area contributed by atoms with E-state index in [0.717, 1.165) is 11.1 Å². The van der Waals surface area contributed by atoms with Gasteiger partial charge in [0.15, 0.2) is 0 Å². The topological polar surface area (TPSA) is 66.4 Å². The average molecular weight is 311 g/mol. The highest BCUT2D eigenvalue weighted by atomic mass is 32.2. The highest BCUT2D eigenvalue weighted by molar-refractivity contribution is 7.93. The van der Waals surface area contributed by atoms with Gasteiger partial charge < -0.3 is 5.11 Å². The Kier molecular flexibility index (Phi) is 4.17. The molecule has 1 aromatic carbocycles. The van der Waals surface area contributed by atoms with Crippen molar-refractivity contribution in [2.75, 3.05) is 4.72 Å². The van der Waals surface area contributed by atoms with Gasteiger partial charge in [-0.15, -0.1) is 11.3 Å². The Balaban J connectivity index is 2.38. The molecule has 108 valence electrons. The molecule has 0 bridgehead atoms. The number of aryl methyl sites for hydroxylation is 3. The molecular weight excluding hydrogens is 294 g/mol. The van der Waals surface area contributed by atoms with E-state index in [1.807, 2.05) is 26.0 Å². The lowest BCUT2D eigenvalue weighted by molar-refractivity contribution is 0.285. The summed E-state index contributed by atoms with van der Waals surface area (Å²) in [7, 11) is -3.62. The Morgan fingerprint density at radius 2 is 1.90 bits per heavy atom. The summed E-state index contributed by atoms with van der Waals surface area (Å²) >= 11 is 1.29. The lowest BCUT2D eigenvalue weighted by atomic mass is 10.1. The van der Waals surface area contributed by atoms with Gasteiger partial charge in [0.2, 0.25) is 0 Å². The molecule has 0 radical (unpaired) electrons. The Morgan fingerprint density at radius 1 is 1.20 bits per heavy atom. The van der Waals surface area contributed by atoms with Crippen molar-refractivity contribution in [1.29, 1.82) is 0 Å². The summed E-state index contributed by atoms with van der Waals surface area (Å²) in [4.78, 5) is 1.54. The molecule has 0 aliphatic heterocycles. The van der Waals surface area contributed by atoms with E-state index in [-0.39, 0.29) is 11.5 Å². The summed E-state index contributed by atoms with van der Waals surface area (Å²) in [5.74, 6) is 0. The first-order valence-corrected chi connectivity index (χ1v) is 8.43. The van der Waals surface area contributed by atoms with Crippen molar-refractivity contribution in [2.45, 2.75) is 32.3 Å². The molecule has 0 spiro atoms. The summed E-state index contributed by atoms with van der Waals surface area (Å²) in [5.41, 5.74) is 2.54. The molecule has 1 aromatic heterocycles. The molecule has 0 unspecified atom stereocenters. The fourth-order valence-corrected chi connectivity index (χ4v) is 4.62. The Morgan fingerprint density at radius 3 is 2.45 bits per heavy atom. The number of aliphatic hydroxyl groups is 1. The quantitative estimate of drug-likeness (QED) is 0.912. The third kappa shape index (κ3) is 3.03. The second kappa shape index (κ2) is 5.55. The van der Waals surface area contributed by atoms with Gasteiger partial charge in [-0.3, -0.25) is 4.72 Å². The molecule has 2 aromatic rings. The van der Waals surface area contributed by atoms with Crippen LogP contribution in [0.15, 0.2) is 29.2 Å². The van der Waals surface area contributed by atoms with E-state index >= 15 is 0 Å². The van der Waals surface area contributed by atoms with E-state index in [2.05, 4.69) is 4.72 Å². The van der Waals surface area contributed by atoms with Gasteiger partial charge in [0.1, 0.15) is 4.90 Å². The van der Waals surface area contributed by atoms with Gasteiger partial charge in [-0.05, 0) is 38.5 Å². The normalized spacial score (nSPS) is 11.6. The zero-order chi connectivity index (χ0) is 14.9. The lowest BCUT2D eigenvalue weighted by Crippen LogP contribution is -2.14. The fourth-order valence-electron chi connectivity index (χ4n) is 2.00. The van der Waals surface area contributed by atoms with E-state index in [0.29, 0.717) is 15.4 Å². The fraction of sp³-hybridized carbons (Fsp3) is 0.286. The molecule has 2 rings (SSSR count). The van der Waals surface area contributed by atoms with Gasteiger partial charge in [0.25, 0.3) is 10.0 Å². The van der Waals surface area contributed by atoms with Gasteiger partial charge in [-0.25, -0.2) is 8.42 Å². The zero-order valence-electron chi connectivity index (χ0n) is 11.6. The Labute approximate surface area is 123 Å². The summed E-state index contributed by atoms with van der Waals surface area (Å²) in [5, 5.41) is 9.10. The molecule has 0 fully saturated rings. The number of sulfonamides is 1. The predicted molar refractivity (Wildman–Crippen MR) is 81.7 cm³/mol. The smallest absolute Gasteiger partial charge is 0.263 e. The molecule has 6 heteroatoms. The van der Waals surface area contributed by atoms with Crippen molar-refractivity contribution in [3.05, 3.63) is 45.1 Å². The molecule has 2 N–H and O–H groups in total. The van der Waals surface area contributed by atoms with Gasteiger partial charge >= 0.3 is 0 Å². The molecule has 0 saturated carbocycles. The average Bonchev–Trinajstić information content (AvgIpc) is 2.75. The van der Waals surface area contributed by atoms with E-state index in [4.69, 9.17) is 5.11 Å². The minimum atomic E-state index is -3.62. The monoisotopic (exact) mass is 311 g/mol. The molecule has 0 saturated heterocycles. The maximum atomic E-state index is 12.4. The van der Waals surface area contributed by atoms with Gasteiger partial charge in [-0.1, -0.05) is 17.7 Å². The first kappa shape index (κ1) is 15.0. The van der Waals surface area contributed by atoms with Crippen LogP contribution in [0.3, 0.4) is 0 Å². The minimum absolute atomic E-state index is 0.148. The van der Waals surface area contributed by atoms with Crippen molar-refractivity contribution in [3.63, 3.8) is 0 Å². The number of hydrogen-bond acceptors (Lipinski definition) is 4. The third-order valence-electron chi connectivity index (χ3n) is 2.99. The number of benzene rings is 1. The van der Waals surface area contributed by atoms with Crippen LogP contribution in [0, 0.1) is 20.8 Å². The highest BCUT2D eigenvalue weighted by Crippen LogP contribution is 2.28. The Hall–Kier alpha value is -1.37. The molecule has 1 heterocycles. The van der Waals surface area contributed by atoms with E-state index in [9.17, 15) is 8.42 Å². The van der Waals surface area contributed by atoms with Crippen LogP contribution >= 0.6 is 11.3 Å². The first-order valence-electron chi connectivity index (χ1n) is 6.13. The van der Waals surface area contributed by atoms with Crippen LogP contribution in [0.4, 0.5) is 5.69 Å². The molecule has 0 aliphatic carbocycles. The van der Waals surface area contributed by atoms with Crippen molar-refractivity contribution in [2.24, 2.45) is 0 Å². The van der Waals surface area contributed by atoms with Crippen LogP contribution in [0.5, 0.6) is 0 Å². The van der Waals surface area contributed by atoms with Gasteiger partial charge in [0, 0.05) is 9.75 Å². The third-order valence-corrected chi connectivity index (χ3v) is 5.65. The first-order chi connectivity index (χ1) is 9.33. The second-order valence-corrected chi connectivity index (χ2v) is 7.71. The van der Waals surface area contributed by atoms with E-state index < -0.39 is 10.0 Å². The molecular formula is C14H17NO3S2. The van der Waals surface area contributed by atoms with Crippen LogP contribution in [0.2, 0.25) is 0 Å². The van der Waals surface area contributed by atoms with Crippen molar-refractivity contribution in [3.8, 4) is 0 Å². The number of aliphatic hydroxyl groups excluding tert-OH is 1. The number of rotatable bonds is 4. The van der Waals surface area contributed by atoms with Crippen molar-refractivity contribution < 1.29 is 13.5 Å². The standard InChI is InChI=1S/C14H17NO3S2/c1-9-4-5-13(10(2)6-9)15-20(17,18)14-7-12(8-16)19-11(14)3/h4-7,15-16H,8H2,1-3H3. The molecule has 0 atom stereocenters. The Bertz CT molecular complexity index is 733. The van der Waals surface area contributed by atoms with Crippen molar-refractivity contribution >= 4 is 27.0 Å². The van der Waals surface area contributed by atoms with Crippen LogP contribution in [-0.2, 0) is 16.6 Å². The van der Waals surface area contributed by atoms with Crippen LogP contribution in [0.1, 0.15) is 20.9 Å². The lowest BCUT2D eigenvalue weighted by Gasteiger charge is -2.10. The largest absolute Gasteiger partial charge is 0.391 e. The van der Waals surface area contributed by atoms with Crippen LogP contribution in [0.25, 0.3) is 0 Å². The van der Waals surface area contributed by atoms with Gasteiger partial charge in [0.05, 0.1) is 12.3 Å². The summed E-state index contributed by atoms with van der Waals surface area (Å²) in [6.45, 7) is 5.41. The molecule has 4 nitrogen and oxygen atoms in total. The number of hydrogen-bond donors (Lipinski definition) is 2. The summed E-state index contributed by atoms with van der Waals surface area (Å²) < 4.78 is 27.4. The van der Waals surface area contributed by atoms with Crippen molar-refractivity contribution in [1.82, 2.24) is 0 Å². The second-order valence-electron chi connectivity index (χ2n) is 4.72. The van der Waals surface area contributed by atoms with Crippen LogP contribution < -0.4 is 4.72 Å². The van der Waals surface area contributed by atoms with E-state index in [1.54, 1.807) is 13.0 Å². The number of thiophene rings is 1. The zero-order valence-corrected chi connectivity index (χ0v) is 13.2. The number of anilines is 1. The maximum absolute atomic E-state index is 12.4. The molecule has 0 amide bonds. The van der Waals surface area contributed by atoms with Crippen LogP contribution in [-0.4, -0.2) is 13.5 Å². The highest BCUT2D eigenvalue weighted by Gasteiger charge is 2.20. The summed E-state index contributed by atoms with van der Waals surface area (Å²) in [6, 6.07) is 7.07. The summed E-state index contributed by atoms with van der Waals surface area (Å²) in [6.07, 6.45) is 0.